The third-order valence-corrected chi connectivity index (χ3v) is 3.32. The van der Waals surface area contributed by atoms with Crippen LogP contribution in [0.15, 0.2) is 24.3 Å². The molecule has 4 nitrogen and oxygen atoms in total. The summed E-state index contributed by atoms with van der Waals surface area (Å²) in [5.74, 6) is 0.122. The van der Waals surface area contributed by atoms with Gasteiger partial charge < -0.3 is 15.5 Å². The molecule has 2 N–H and O–H groups in total. The number of hydrogen-bond acceptors (Lipinski definition) is 3. The third kappa shape index (κ3) is 3.23. The number of nitrogens with one attached hydrogen (secondary N) is 2. The number of fused-ring (bicyclic) bond motifs is 1. The Labute approximate surface area is 108 Å². The smallest absolute Gasteiger partial charge is 0.219 e. The van der Waals surface area contributed by atoms with Crippen molar-refractivity contribution in [1.29, 1.82) is 0 Å². The van der Waals surface area contributed by atoms with Crippen LogP contribution in [-0.4, -0.2) is 32.6 Å². The van der Waals surface area contributed by atoms with Crippen LogP contribution in [0, 0.1) is 0 Å². The Bertz CT molecular complexity index is 406. The van der Waals surface area contributed by atoms with Crippen LogP contribution in [0.1, 0.15) is 18.4 Å². The van der Waals surface area contributed by atoms with Gasteiger partial charge in [0, 0.05) is 45.3 Å². The molecule has 0 aromatic heterocycles. The van der Waals surface area contributed by atoms with Crippen LogP contribution in [0.3, 0.4) is 0 Å². The van der Waals surface area contributed by atoms with Gasteiger partial charge in [0.1, 0.15) is 0 Å². The Morgan fingerprint density at radius 2 is 2.28 bits per heavy atom. The fraction of sp³-hybridized carbons (Fsp3) is 0.500. The highest BCUT2D eigenvalue weighted by atomic mass is 16.1. The molecule has 1 aliphatic rings. The Morgan fingerprint density at radius 3 is 3.11 bits per heavy atom. The molecule has 98 valence electrons. The number of benzene rings is 1. The average molecular weight is 247 g/mol. The van der Waals surface area contributed by atoms with E-state index in [0.717, 1.165) is 32.6 Å². The van der Waals surface area contributed by atoms with Crippen LogP contribution >= 0.6 is 0 Å². The van der Waals surface area contributed by atoms with Gasteiger partial charge >= 0.3 is 0 Å². The molecule has 1 amide bonds. The first-order valence-electron chi connectivity index (χ1n) is 6.55. The van der Waals surface area contributed by atoms with Crippen LogP contribution in [-0.2, 0) is 11.3 Å². The van der Waals surface area contributed by atoms with Gasteiger partial charge in [-0.1, -0.05) is 18.2 Å². The van der Waals surface area contributed by atoms with E-state index in [-0.39, 0.29) is 5.91 Å². The van der Waals surface area contributed by atoms with Crippen molar-refractivity contribution < 1.29 is 4.79 Å². The molecular formula is C14H21N3O. The molecule has 0 radical (unpaired) electrons. The van der Waals surface area contributed by atoms with E-state index in [1.165, 1.54) is 11.3 Å². The lowest BCUT2D eigenvalue weighted by Crippen LogP contribution is -2.30. The van der Waals surface area contributed by atoms with E-state index in [1.54, 1.807) is 7.05 Å². The van der Waals surface area contributed by atoms with Gasteiger partial charge in [0.25, 0.3) is 0 Å². The summed E-state index contributed by atoms with van der Waals surface area (Å²) in [6.07, 6.45) is 1.50. The fourth-order valence-electron chi connectivity index (χ4n) is 2.31. The van der Waals surface area contributed by atoms with Gasteiger partial charge in [0.2, 0.25) is 5.91 Å². The maximum Gasteiger partial charge on any atom is 0.219 e. The van der Waals surface area contributed by atoms with Gasteiger partial charge in [0.05, 0.1) is 0 Å². The summed E-state index contributed by atoms with van der Waals surface area (Å²) in [7, 11) is 1.69. The van der Waals surface area contributed by atoms with E-state index >= 15 is 0 Å². The van der Waals surface area contributed by atoms with Crippen molar-refractivity contribution in [1.82, 2.24) is 10.6 Å². The molecule has 0 spiro atoms. The Kier molecular flexibility index (Phi) is 4.59. The first kappa shape index (κ1) is 12.9. The molecule has 0 fully saturated rings. The number of anilines is 1. The lowest BCUT2D eigenvalue weighted by Gasteiger charge is -2.24. The molecule has 4 heteroatoms. The van der Waals surface area contributed by atoms with Gasteiger partial charge in [-0.3, -0.25) is 4.79 Å². The van der Waals surface area contributed by atoms with Crippen molar-refractivity contribution >= 4 is 11.6 Å². The minimum Gasteiger partial charge on any atom is -0.370 e. The summed E-state index contributed by atoms with van der Waals surface area (Å²) in [5, 5.41) is 6.09. The van der Waals surface area contributed by atoms with Crippen molar-refractivity contribution in [2.75, 3.05) is 31.6 Å². The van der Waals surface area contributed by atoms with E-state index in [9.17, 15) is 4.79 Å². The number of rotatable bonds is 4. The Balaban J connectivity index is 1.97. The molecule has 0 atom stereocenters. The van der Waals surface area contributed by atoms with Gasteiger partial charge in [-0.25, -0.2) is 0 Å². The van der Waals surface area contributed by atoms with Crippen molar-refractivity contribution in [3.8, 4) is 0 Å². The number of para-hydroxylation sites is 1. The van der Waals surface area contributed by atoms with E-state index in [4.69, 9.17) is 0 Å². The standard InChI is InChI=1S/C14H21N3O/c1-15-14(18)7-4-9-17-10-8-16-11-12-5-2-3-6-13(12)17/h2-3,5-6,16H,4,7-11H2,1H3,(H,15,18). The number of nitrogens with zero attached hydrogens (tertiary/aromatic N) is 1. The van der Waals surface area contributed by atoms with Gasteiger partial charge in [-0.15, -0.1) is 0 Å². The molecule has 1 aromatic carbocycles. The van der Waals surface area contributed by atoms with Gasteiger partial charge in [-0.2, -0.15) is 0 Å². The first-order valence-corrected chi connectivity index (χ1v) is 6.55. The normalized spacial score (nSPS) is 14.8. The second-order valence-electron chi connectivity index (χ2n) is 4.57. The molecule has 1 aliphatic heterocycles. The molecule has 1 aromatic rings. The number of carbonyl (C=O) groups is 1. The van der Waals surface area contributed by atoms with E-state index in [2.05, 4.69) is 39.8 Å². The van der Waals surface area contributed by atoms with Crippen molar-refractivity contribution in [3.63, 3.8) is 0 Å². The zero-order chi connectivity index (χ0) is 12.8. The molecule has 0 unspecified atom stereocenters. The average Bonchev–Trinajstić information content (AvgIpc) is 2.61. The molecule has 0 bridgehead atoms. The summed E-state index contributed by atoms with van der Waals surface area (Å²) in [6.45, 7) is 3.87. The number of carbonyl (C=O) groups excluding carboxylic acids is 1. The number of hydrogen-bond donors (Lipinski definition) is 2. The summed E-state index contributed by atoms with van der Waals surface area (Å²) < 4.78 is 0. The maximum absolute atomic E-state index is 11.2. The summed E-state index contributed by atoms with van der Waals surface area (Å²) in [6, 6.07) is 8.49. The van der Waals surface area contributed by atoms with Crippen molar-refractivity contribution in [3.05, 3.63) is 29.8 Å². The quantitative estimate of drug-likeness (QED) is 0.838. The van der Waals surface area contributed by atoms with Crippen LogP contribution in [0.5, 0.6) is 0 Å². The summed E-state index contributed by atoms with van der Waals surface area (Å²) in [4.78, 5) is 13.6. The van der Waals surface area contributed by atoms with Crippen LogP contribution < -0.4 is 15.5 Å². The van der Waals surface area contributed by atoms with Gasteiger partial charge in [0.15, 0.2) is 0 Å². The summed E-state index contributed by atoms with van der Waals surface area (Å²) >= 11 is 0. The van der Waals surface area contributed by atoms with E-state index in [0.29, 0.717) is 6.42 Å². The zero-order valence-corrected chi connectivity index (χ0v) is 10.9. The van der Waals surface area contributed by atoms with E-state index < -0.39 is 0 Å². The Hall–Kier alpha value is -1.55. The van der Waals surface area contributed by atoms with Crippen molar-refractivity contribution in [2.24, 2.45) is 0 Å². The molecule has 0 aliphatic carbocycles. The van der Waals surface area contributed by atoms with Crippen LogP contribution in [0.2, 0.25) is 0 Å². The third-order valence-electron chi connectivity index (χ3n) is 3.32. The maximum atomic E-state index is 11.2. The predicted molar refractivity (Wildman–Crippen MR) is 73.7 cm³/mol. The molecule has 0 saturated heterocycles. The lowest BCUT2D eigenvalue weighted by molar-refractivity contribution is -0.120. The first-order chi connectivity index (χ1) is 8.81. The molecular weight excluding hydrogens is 226 g/mol. The lowest BCUT2D eigenvalue weighted by atomic mass is 10.1. The highest BCUT2D eigenvalue weighted by Crippen LogP contribution is 2.22. The molecule has 1 heterocycles. The highest BCUT2D eigenvalue weighted by Gasteiger charge is 2.14. The molecule has 0 saturated carbocycles. The SMILES string of the molecule is CNC(=O)CCCN1CCNCc2ccccc21. The monoisotopic (exact) mass is 247 g/mol. The largest absolute Gasteiger partial charge is 0.370 e. The predicted octanol–water partition coefficient (Wildman–Crippen LogP) is 1.12. The van der Waals surface area contributed by atoms with Crippen LogP contribution in [0.25, 0.3) is 0 Å². The molecule has 18 heavy (non-hydrogen) atoms. The van der Waals surface area contributed by atoms with Gasteiger partial charge in [-0.05, 0) is 18.1 Å². The minimum atomic E-state index is 0.122. The Morgan fingerprint density at radius 1 is 1.44 bits per heavy atom. The summed E-state index contributed by atoms with van der Waals surface area (Å²) in [5.41, 5.74) is 2.65. The topological polar surface area (TPSA) is 44.4 Å². The fourth-order valence-corrected chi connectivity index (χ4v) is 2.31. The molecule has 2 rings (SSSR count). The second-order valence-corrected chi connectivity index (χ2v) is 4.57. The number of amides is 1. The van der Waals surface area contributed by atoms with Crippen LogP contribution in [0.4, 0.5) is 5.69 Å². The van der Waals surface area contributed by atoms with E-state index in [1.807, 2.05) is 0 Å². The highest BCUT2D eigenvalue weighted by molar-refractivity contribution is 5.75. The zero-order valence-electron chi connectivity index (χ0n) is 10.9. The minimum absolute atomic E-state index is 0.122. The second kappa shape index (κ2) is 6.40. The van der Waals surface area contributed by atoms with Crippen molar-refractivity contribution in [2.45, 2.75) is 19.4 Å².